The number of rotatable bonds is 7. The number of carboxylic acid groups (broad SMARTS) is 1. The van der Waals surface area contributed by atoms with Crippen molar-refractivity contribution in [2.45, 2.75) is 6.10 Å². The summed E-state index contributed by atoms with van der Waals surface area (Å²) in [5.41, 5.74) is 0.671. The Morgan fingerprint density at radius 1 is 1.32 bits per heavy atom. The molecule has 1 heterocycles. The van der Waals surface area contributed by atoms with Crippen molar-refractivity contribution in [2.75, 3.05) is 31.2 Å². The van der Waals surface area contributed by atoms with Crippen LogP contribution in [0.3, 0.4) is 0 Å². The number of hydrogen-bond donors (Lipinski definition) is 1. The molecule has 0 amide bonds. The Labute approximate surface area is 110 Å². The van der Waals surface area contributed by atoms with Crippen molar-refractivity contribution >= 4 is 17.6 Å². The van der Waals surface area contributed by atoms with E-state index in [9.17, 15) is 9.59 Å². The second kappa shape index (κ2) is 6.19. The van der Waals surface area contributed by atoms with Crippen molar-refractivity contribution in [3.63, 3.8) is 0 Å². The standard InChI is InChI=1S/C13H15NO5/c15-12(16)6-14(10-4-2-1-3-5-10)7-13(17)19-9-11-8-18-11/h1-5,11H,6-9H2,(H,15,16). The van der Waals surface area contributed by atoms with Gasteiger partial charge in [0.15, 0.2) is 0 Å². The molecule has 1 unspecified atom stereocenters. The molecule has 1 N–H and O–H groups in total. The third-order valence-electron chi connectivity index (χ3n) is 2.60. The second-order valence-electron chi connectivity index (χ2n) is 4.22. The van der Waals surface area contributed by atoms with Crippen LogP contribution in [-0.4, -0.2) is 49.5 Å². The van der Waals surface area contributed by atoms with Gasteiger partial charge < -0.3 is 19.5 Å². The zero-order chi connectivity index (χ0) is 13.7. The lowest BCUT2D eigenvalue weighted by molar-refractivity contribution is -0.142. The first-order valence-corrected chi connectivity index (χ1v) is 5.94. The van der Waals surface area contributed by atoms with Crippen LogP contribution in [0.25, 0.3) is 0 Å². The number of benzene rings is 1. The van der Waals surface area contributed by atoms with Crippen LogP contribution in [0, 0.1) is 0 Å². The highest BCUT2D eigenvalue weighted by Gasteiger charge is 2.25. The van der Waals surface area contributed by atoms with Gasteiger partial charge in [-0.2, -0.15) is 0 Å². The number of esters is 1. The molecule has 0 radical (unpaired) electrons. The lowest BCUT2D eigenvalue weighted by atomic mass is 10.3. The molecular weight excluding hydrogens is 250 g/mol. The van der Waals surface area contributed by atoms with Gasteiger partial charge in [-0.1, -0.05) is 18.2 Å². The van der Waals surface area contributed by atoms with Crippen molar-refractivity contribution in [3.8, 4) is 0 Å². The molecule has 0 aromatic heterocycles. The van der Waals surface area contributed by atoms with Gasteiger partial charge in [-0.15, -0.1) is 0 Å². The molecule has 1 fully saturated rings. The largest absolute Gasteiger partial charge is 0.480 e. The highest BCUT2D eigenvalue weighted by atomic mass is 16.6. The van der Waals surface area contributed by atoms with Crippen LogP contribution in [0.4, 0.5) is 5.69 Å². The maximum atomic E-state index is 11.6. The van der Waals surface area contributed by atoms with E-state index >= 15 is 0 Å². The molecule has 0 bridgehead atoms. The Morgan fingerprint density at radius 3 is 2.58 bits per heavy atom. The predicted molar refractivity (Wildman–Crippen MR) is 67.0 cm³/mol. The van der Waals surface area contributed by atoms with Crippen LogP contribution in [0.1, 0.15) is 0 Å². The average molecular weight is 265 g/mol. The first-order chi connectivity index (χ1) is 9.15. The number of ether oxygens (including phenoxy) is 2. The van der Waals surface area contributed by atoms with Gasteiger partial charge in [0.2, 0.25) is 0 Å². The van der Waals surface area contributed by atoms with Crippen LogP contribution in [0.15, 0.2) is 30.3 Å². The molecule has 6 nitrogen and oxygen atoms in total. The van der Waals surface area contributed by atoms with Crippen LogP contribution in [0.2, 0.25) is 0 Å². The van der Waals surface area contributed by atoms with Crippen molar-refractivity contribution < 1.29 is 24.2 Å². The van der Waals surface area contributed by atoms with E-state index in [1.165, 1.54) is 4.90 Å². The fourth-order valence-electron chi connectivity index (χ4n) is 1.59. The smallest absolute Gasteiger partial charge is 0.325 e. The first-order valence-electron chi connectivity index (χ1n) is 5.94. The van der Waals surface area contributed by atoms with Crippen LogP contribution >= 0.6 is 0 Å². The van der Waals surface area contributed by atoms with E-state index in [-0.39, 0.29) is 25.8 Å². The summed E-state index contributed by atoms with van der Waals surface area (Å²) in [6.45, 7) is 0.501. The molecule has 1 aliphatic rings. The quantitative estimate of drug-likeness (QED) is 0.572. The maximum absolute atomic E-state index is 11.6. The lowest BCUT2D eigenvalue weighted by Crippen LogP contribution is -2.35. The molecule has 0 saturated carbocycles. The van der Waals surface area contributed by atoms with E-state index < -0.39 is 11.9 Å². The second-order valence-corrected chi connectivity index (χ2v) is 4.22. The summed E-state index contributed by atoms with van der Waals surface area (Å²) in [5.74, 6) is -1.46. The van der Waals surface area contributed by atoms with Gasteiger partial charge in [0.1, 0.15) is 25.8 Å². The fraction of sp³-hybridized carbons (Fsp3) is 0.385. The van der Waals surface area contributed by atoms with Crippen molar-refractivity contribution in [2.24, 2.45) is 0 Å². The molecule has 2 rings (SSSR count). The molecule has 0 spiro atoms. The number of carbonyl (C=O) groups excluding carboxylic acids is 1. The average Bonchev–Trinajstić information content (AvgIpc) is 3.20. The number of para-hydroxylation sites is 1. The number of aliphatic carboxylic acids is 1. The van der Waals surface area contributed by atoms with Crippen LogP contribution < -0.4 is 4.90 Å². The zero-order valence-corrected chi connectivity index (χ0v) is 10.3. The third kappa shape index (κ3) is 4.59. The Morgan fingerprint density at radius 2 is 2.00 bits per heavy atom. The van der Waals surface area contributed by atoms with Gasteiger partial charge in [0.05, 0.1) is 6.61 Å². The Balaban J connectivity index is 1.92. The molecule has 102 valence electrons. The highest BCUT2D eigenvalue weighted by molar-refractivity contribution is 5.80. The number of anilines is 1. The zero-order valence-electron chi connectivity index (χ0n) is 10.3. The lowest BCUT2D eigenvalue weighted by Gasteiger charge is -2.21. The van der Waals surface area contributed by atoms with Gasteiger partial charge in [-0.3, -0.25) is 9.59 Å². The molecule has 1 aliphatic heterocycles. The van der Waals surface area contributed by atoms with E-state index in [0.29, 0.717) is 12.3 Å². The summed E-state index contributed by atoms with van der Waals surface area (Å²) in [5, 5.41) is 8.87. The number of carboxylic acids is 1. The van der Waals surface area contributed by atoms with E-state index in [1.807, 2.05) is 6.07 Å². The Kier molecular flexibility index (Phi) is 4.35. The minimum absolute atomic E-state index is 0.00796. The van der Waals surface area contributed by atoms with Gasteiger partial charge in [-0.05, 0) is 12.1 Å². The number of epoxide rings is 1. The van der Waals surface area contributed by atoms with E-state index in [2.05, 4.69) is 0 Å². The molecule has 1 aromatic carbocycles. The molecule has 0 aliphatic carbocycles. The van der Waals surface area contributed by atoms with Gasteiger partial charge in [0, 0.05) is 5.69 Å². The SMILES string of the molecule is O=C(O)CN(CC(=O)OCC1CO1)c1ccccc1. The van der Waals surface area contributed by atoms with Crippen molar-refractivity contribution in [1.29, 1.82) is 0 Å². The Bertz CT molecular complexity index is 444. The minimum Gasteiger partial charge on any atom is -0.480 e. The van der Waals surface area contributed by atoms with Gasteiger partial charge >= 0.3 is 11.9 Å². The summed E-state index contributed by atoms with van der Waals surface area (Å²) in [6, 6.07) is 8.90. The molecule has 1 aromatic rings. The molecular formula is C13H15NO5. The summed E-state index contributed by atoms with van der Waals surface area (Å²) in [4.78, 5) is 23.9. The predicted octanol–water partition coefficient (Wildman–Crippen LogP) is 0.520. The molecule has 1 saturated heterocycles. The maximum Gasteiger partial charge on any atom is 0.325 e. The highest BCUT2D eigenvalue weighted by Crippen LogP contribution is 2.13. The molecule has 19 heavy (non-hydrogen) atoms. The normalized spacial score (nSPS) is 16.7. The topological polar surface area (TPSA) is 79.4 Å². The summed E-state index contributed by atoms with van der Waals surface area (Å²) >= 11 is 0. The van der Waals surface area contributed by atoms with E-state index in [0.717, 1.165) is 0 Å². The van der Waals surface area contributed by atoms with E-state index in [1.54, 1.807) is 24.3 Å². The number of nitrogens with zero attached hydrogens (tertiary/aromatic N) is 1. The first kappa shape index (κ1) is 13.4. The van der Waals surface area contributed by atoms with Gasteiger partial charge in [0.25, 0.3) is 0 Å². The Hall–Kier alpha value is -2.08. The van der Waals surface area contributed by atoms with Gasteiger partial charge in [-0.25, -0.2) is 0 Å². The summed E-state index contributed by atoms with van der Waals surface area (Å²) in [7, 11) is 0. The summed E-state index contributed by atoms with van der Waals surface area (Å²) in [6.07, 6.45) is 0.00796. The van der Waals surface area contributed by atoms with Crippen LogP contribution in [0.5, 0.6) is 0 Å². The fourth-order valence-corrected chi connectivity index (χ4v) is 1.59. The van der Waals surface area contributed by atoms with Crippen LogP contribution in [-0.2, 0) is 19.1 Å². The van der Waals surface area contributed by atoms with Crippen molar-refractivity contribution in [3.05, 3.63) is 30.3 Å². The van der Waals surface area contributed by atoms with Crippen molar-refractivity contribution in [1.82, 2.24) is 0 Å². The summed E-state index contributed by atoms with van der Waals surface area (Å²) < 4.78 is 9.93. The minimum atomic E-state index is -0.998. The molecule has 6 heteroatoms. The van der Waals surface area contributed by atoms with E-state index in [4.69, 9.17) is 14.6 Å². The number of carbonyl (C=O) groups is 2. The molecule has 1 atom stereocenters. The monoisotopic (exact) mass is 265 g/mol. The number of hydrogen-bond acceptors (Lipinski definition) is 5. The third-order valence-corrected chi connectivity index (χ3v) is 2.60.